The van der Waals surface area contributed by atoms with Crippen LogP contribution >= 0.6 is 0 Å². The first-order valence-corrected chi connectivity index (χ1v) is 9.51. The number of nitrogens with one attached hydrogen (secondary N) is 1. The van der Waals surface area contributed by atoms with Crippen molar-refractivity contribution in [3.63, 3.8) is 0 Å². The summed E-state index contributed by atoms with van der Waals surface area (Å²) in [4.78, 5) is 27.0. The summed E-state index contributed by atoms with van der Waals surface area (Å²) in [5.74, 6) is -0.0786. The van der Waals surface area contributed by atoms with Crippen molar-refractivity contribution in [3.05, 3.63) is 41.8 Å². The van der Waals surface area contributed by atoms with Gasteiger partial charge in [0.25, 0.3) is 5.91 Å². The maximum Gasteiger partial charge on any atom is 0.260 e. The second kappa shape index (κ2) is 9.40. The topological polar surface area (TPSA) is 85.7 Å². The molecule has 0 unspecified atom stereocenters. The van der Waals surface area contributed by atoms with E-state index in [1.54, 1.807) is 18.1 Å². The van der Waals surface area contributed by atoms with Gasteiger partial charge in [-0.05, 0) is 37.1 Å². The Bertz CT molecular complexity index is 853. The van der Waals surface area contributed by atoms with E-state index in [2.05, 4.69) is 10.4 Å². The number of piperidine rings is 1. The molecule has 8 nitrogen and oxygen atoms in total. The highest BCUT2D eigenvalue weighted by molar-refractivity contribution is 5.96. The molecule has 2 heterocycles. The lowest BCUT2D eigenvalue weighted by atomic mass is 9.96. The first-order valence-electron chi connectivity index (χ1n) is 9.51. The monoisotopic (exact) mass is 404 g/mol. The van der Waals surface area contributed by atoms with E-state index >= 15 is 0 Å². The number of methoxy groups -OCH3 is 1. The maximum absolute atomic E-state index is 12.9. The highest BCUT2D eigenvalue weighted by Crippen LogP contribution is 2.22. The second-order valence-electron chi connectivity index (χ2n) is 6.91. The molecule has 3 rings (SSSR count). The van der Waals surface area contributed by atoms with Crippen molar-refractivity contribution in [2.75, 3.05) is 33.4 Å². The van der Waals surface area contributed by atoms with Crippen molar-refractivity contribution in [3.8, 4) is 11.6 Å². The van der Waals surface area contributed by atoms with Gasteiger partial charge in [-0.2, -0.15) is 0 Å². The first kappa shape index (κ1) is 20.6. The molecule has 2 amide bonds. The number of carbonyl (C=O) groups excluding carboxylic acids is 2. The van der Waals surface area contributed by atoms with Crippen molar-refractivity contribution in [1.82, 2.24) is 20.0 Å². The number of nitrogens with zero attached hydrogens (tertiary/aromatic N) is 3. The Morgan fingerprint density at radius 1 is 1.31 bits per heavy atom. The molecule has 1 atom stereocenters. The minimum atomic E-state index is -0.328. The largest absolute Gasteiger partial charge is 0.492 e. The van der Waals surface area contributed by atoms with Crippen LogP contribution in [0, 0.1) is 11.7 Å². The van der Waals surface area contributed by atoms with Crippen LogP contribution in [0.4, 0.5) is 4.39 Å². The number of aryl methyl sites for hydroxylation is 1. The van der Waals surface area contributed by atoms with Crippen LogP contribution in [0.2, 0.25) is 0 Å². The number of aromatic nitrogens is 2. The molecule has 1 aliphatic heterocycles. The SMILES string of the molecule is COc1nn(C)cc1C(=O)N1CCC[C@H](C(=O)NCCOc2ccc(F)cc2)C1. The van der Waals surface area contributed by atoms with E-state index in [0.717, 1.165) is 12.8 Å². The van der Waals surface area contributed by atoms with E-state index in [1.165, 1.54) is 36.1 Å². The minimum absolute atomic E-state index is 0.108. The van der Waals surface area contributed by atoms with Gasteiger partial charge in [0.15, 0.2) is 0 Å². The van der Waals surface area contributed by atoms with E-state index in [-0.39, 0.29) is 36.0 Å². The number of carbonyl (C=O) groups is 2. The summed E-state index contributed by atoms with van der Waals surface area (Å²) >= 11 is 0. The van der Waals surface area contributed by atoms with Crippen molar-refractivity contribution < 1.29 is 23.5 Å². The molecule has 1 N–H and O–H groups in total. The Morgan fingerprint density at radius 2 is 2.07 bits per heavy atom. The lowest BCUT2D eigenvalue weighted by Gasteiger charge is -2.31. The number of amides is 2. The lowest BCUT2D eigenvalue weighted by Crippen LogP contribution is -2.46. The zero-order chi connectivity index (χ0) is 20.8. The van der Waals surface area contributed by atoms with Crippen LogP contribution < -0.4 is 14.8 Å². The van der Waals surface area contributed by atoms with Gasteiger partial charge in [-0.15, -0.1) is 5.10 Å². The molecule has 0 radical (unpaired) electrons. The molecule has 1 fully saturated rings. The quantitative estimate of drug-likeness (QED) is 0.709. The zero-order valence-corrected chi connectivity index (χ0v) is 16.6. The van der Waals surface area contributed by atoms with Crippen LogP contribution in [0.1, 0.15) is 23.2 Å². The molecule has 9 heteroatoms. The number of hydrogen-bond acceptors (Lipinski definition) is 5. The van der Waals surface area contributed by atoms with Gasteiger partial charge < -0.3 is 19.7 Å². The van der Waals surface area contributed by atoms with Crippen LogP contribution in [0.25, 0.3) is 0 Å². The number of halogens is 1. The molecule has 156 valence electrons. The number of likely N-dealkylation sites (tertiary alicyclic amines) is 1. The zero-order valence-electron chi connectivity index (χ0n) is 16.6. The van der Waals surface area contributed by atoms with E-state index in [4.69, 9.17) is 9.47 Å². The van der Waals surface area contributed by atoms with Gasteiger partial charge in [0.05, 0.1) is 19.6 Å². The van der Waals surface area contributed by atoms with Crippen LogP contribution in [-0.2, 0) is 11.8 Å². The summed E-state index contributed by atoms with van der Waals surface area (Å²) in [5.41, 5.74) is 0.392. The van der Waals surface area contributed by atoms with Gasteiger partial charge in [-0.1, -0.05) is 0 Å². The molecule has 0 bridgehead atoms. The third-order valence-corrected chi connectivity index (χ3v) is 4.78. The molecule has 0 saturated carbocycles. The molecule has 1 aromatic heterocycles. The third kappa shape index (κ3) is 5.24. The van der Waals surface area contributed by atoms with E-state index in [1.807, 2.05) is 0 Å². The molecule has 0 aliphatic carbocycles. The molecule has 29 heavy (non-hydrogen) atoms. The molecular formula is C20H25FN4O4. The first-order chi connectivity index (χ1) is 14.0. The Morgan fingerprint density at radius 3 is 2.79 bits per heavy atom. The van der Waals surface area contributed by atoms with Crippen LogP contribution in [0.5, 0.6) is 11.6 Å². The van der Waals surface area contributed by atoms with Gasteiger partial charge in [0, 0.05) is 26.3 Å². The van der Waals surface area contributed by atoms with Gasteiger partial charge >= 0.3 is 0 Å². The van der Waals surface area contributed by atoms with Crippen LogP contribution in [-0.4, -0.2) is 59.8 Å². The van der Waals surface area contributed by atoms with Gasteiger partial charge in [0.2, 0.25) is 11.8 Å². The Labute approximate surface area is 168 Å². The van der Waals surface area contributed by atoms with Crippen LogP contribution in [0.15, 0.2) is 30.5 Å². The van der Waals surface area contributed by atoms with Crippen LogP contribution in [0.3, 0.4) is 0 Å². The normalized spacial score (nSPS) is 16.4. The standard InChI is InChI=1S/C20H25FN4O4/c1-24-13-17(19(23-24)28-2)20(27)25-10-3-4-14(12-25)18(26)22-9-11-29-16-7-5-15(21)6-8-16/h5-8,13-14H,3-4,9-12H2,1-2H3,(H,22,26)/t14-/m0/s1. The average Bonchev–Trinajstić information content (AvgIpc) is 3.12. The summed E-state index contributed by atoms with van der Waals surface area (Å²) in [6.07, 6.45) is 3.09. The third-order valence-electron chi connectivity index (χ3n) is 4.78. The highest BCUT2D eigenvalue weighted by atomic mass is 19.1. The number of benzene rings is 1. The predicted octanol–water partition coefficient (Wildman–Crippen LogP) is 1.62. The maximum atomic E-state index is 12.9. The summed E-state index contributed by atoms with van der Waals surface area (Å²) < 4.78 is 25.0. The fourth-order valence-electron chi connectivity index (χ4n) is 3.33. The molecule has 2 aromatic rings. The molecular weight excluding hydrogens is 379 g/mol. The number of rotatable bonds is 7. The van der Waals surface area contributed by atoms with E-state index in [9.17, 15) is 14.0 Å². The molecule has 0 spiro atoms. The number of ether oxygens (including phenoxy) is 2. The summed E-state index contributed by atoms with van der Waals surface area (Å²) in [6.45, 7) is 1.55. The summed E-state index contributed by atoms with van der Waals surface area (Å²) in [5, 5.41) is 6.95. The van der Waals surface area contributed by atoms with Gasteiger partial charge in [-0.25, -0.2) is 4.39 Å². The summed E-state index contributed by atoms with van der Waals surface area (Å²) in [7, 11) is 3.19. The summed E-state index contributed by atoms with van der Waals surface area (Å²) in [6, 6.07) is 5.71. The van der Waals surface area contributed by atoms with Crippen molar-refractivity contribution in [2.24, 2.45) is 13.0 Å². The molecule has 1 saturated heterocycles. The van der Waals surface area contributed by atoms with Crippen molar-refractivity contribution in [2.45, 2.75) is 12.8 Å². The fourth-order valence-corrected chi connectivity index (χ4v) is 3.33. The second-order valence-corrected chi connectivity index (χ2v) is 6.91. The van der Waals surface area contributed by atoms with Crippen molar-refractivity contribution in [1.29, 1.82) is 0 Å². The highest BCUT2D eigenvalue weighted by Gasteiger charge is 2.30. The minimum Gasteiger partial charge on any atom is -0.492 e. The Balaban J connectivity index is 1.48. The van der Waals surface area contributed by atoms with E-state index in [0.29, 0.717) is 30.9 Å². The fraction of sp³-hybridized carbons (Fsp3) is 0.450. The lowest BCUT2D eigenvalue weighted by molar-refractivity contribution is -0.126. The average molecular weight is 404 g/mol. The Hall–Kier alpha value is -3.10. The van der Waals surface area contributed by atoms with E-state index < -0.39 is 0 Å². The molecule has 1 aliphatic rings. The smallest absolute Gasteiger partial charge is 0.260 e. The Kier molecular flexibility index (Phi) is 6.69. The predicted molar refractivity (Wildman–Crippen MR) is 103 cm³/mol. The van der Waals surface area contributed by atoms with Crippen molar-refractivity contribution >= 4 is 11.8 Å². The van der Waals surface area contributed by atoms with Gasteiger partial charge in [0.1, 0.15) is 23.7 Å². The molecule has 1 aromatic carbocycles. The number of hydrogen-bond donors (Lipinski definition) is 1. The van der Waals surface area contributed by atoms with Gasteiger partial charge in [-0.3, -0.25) is 14.3 Å².